The number of alkyl halides is 3. The maximum absolute atomic E-state index is 12.7. The Morgan fingerprint density at radius 2 is 1.75 bits per heavy atom. The van der Waals surface area contributed by atoms with Crippen LogP contribution >= 0.6 is 12.2 Å². The molecule has 0 radical (unpaired) electrons. The fourth-order valence-corrected chi connectivity index (χ4v) is 1.63. The third kappa shape index (κ3) is 2.95. The van der Waals surface area contributed by atoms with E-state index in [1.807, 2.05) is 0 Å². The van der Waals surface area contributed by atoms with Crippen LogP contribution in [-0.2, 0) is 12.6 Å². The molecule has 0 heterocycles. The molecule has 16 heavy (non-hydrogen) atoms. The SMILES string of the molecule is Cc1cc(CC(N)=S)c(C(F)(F)F)cc1C. The topological polar surface area (TPSA) is 26.0 Å². The molecule has 1 nitrogen and oxygen atoms in total. The molecule has 88 valence electrons. The molecule has 0 aliphatic rings. The Kier molecular flexibility index (Phi) is 3.57. The molecule has 1 aromatic rings. The first-order valence-corrected chi connectivity index (χ1v) is 5.08. The minimum Gasteiger partial charge on any atom is -0.393 e. The summed E-state index contributed by atoms with van der Waals surface area (Å²) in [6.07, 6.45) is -4.39. The quantitative estimate of drug-likeness (QED) is 0.812. The molecule has 0 aliphatic heterocycles. The van der Waals surface area contributed by atoms with E-state index in [1.165, 1.54) is 6.07 Å². The number of nitrogens with two attached hydrogens (primary N) is 1. The van der Waals surface area contributed by atoms with Gasteiger partial charge in [-0.15, -0.1) is 0 Å². The molecule has 1 rings (SSSR count). The van der Waals surface area contributed by atoms with E-state index in [2.05, 4.69) is 12.2 Å². The van der Waals surface area contributed by atoms with Crippen LogP contribution in [0, 0.1) is 13.8 Å². The van der Waals surface area contributed by atoms with Gasteiger partial charge in [-0.2, -0.15) is 13.2 Å². The van der Waals surface area contributed by atoms with Crippen molar-refractivity contribution in [2.45, 2.75) is 26.4 Å². The van der Waals surface area contributed by atoms with Gasteiger partial charge < -0.3 is 5.73 Å². The number of benzene rings is 1. The summed E-state index contributed by atoms with van der Waals surface area (Å²) < 4.78 is 38.2. The summed E-state index contributed by atoms with van der Waals surface area (Å²) in [7, 11) is 0. The minimum absolute atomic E-state index is 0.0225. The zero-order valence-corrected chi connectivity index (χ0v) is 9.80. The maximum atomic E-state index is 12.7. The van der Waals surface area contributed by atoms with E-state index in [0.717, 1.165) is 11.6 Å². The Hall–Kier alpha value is -1.10. The third-order valence-electron chi connectivity index (χ3n) is 2.39. The lowest BCUT2D eigenvalue weighted by atomic mass is 9.97. The summed E-state index contributed by atoms with van der Waals surface area (Å²) in [6.45, 7) is 3.41. The van der Waals surface area contributed by atoms with Crippen molar-refractivity contribution < 1.29 is 13.2 Å². The second-order valence-corrected chi connectivity index (χ2v) is 4.26. The predicted octanol–water partition coefficient (Wildman–Crippen LogP) is 3.15. The molecular weight excluding hydrogens is 235 g/mol. The van der Waals surface area contributed by atoms with E-state index in [-0.39, 0.29) is 17.0 Å². The van der Waals surface area contributed by atoms with Gasteiger partial charge in [0, 0.05) is 6.42 Å². The van der Waals surface area contributed by atoms with E-state index >= 15 is 0 Å². The average molecular weight is 247 g/mol. The van der Waals surface area contributed by atoms with Gasteiger partial charge in [0.25, 0.3) is 0 Å². The largest absolute Gasteiger partial charge is 0.416 e. The van der Waals surface area contributed by atoms with Gasteiger partial charge in [0.1, 0.15) is 0 Å². The van der Waals surface area contributed by atoms with Gasteiger partial charge in [-0.05, 0) is 36.6 Å². The highest BCUT2D eigenvalue weighted by Crippen LogP contribution is 2.33. The molecule has 0 fully saturated rings. The Balaban J connectivity index is 3.33. The van der Waals surface area contributed by atoms with Crippen LogP contribution in [0.5, 0.6) is 0 Å². The van der Waals surface area contributed by atoms with Crippen LogP contribution in [-0.4, -0.2) is 4.99 Å². The maximum Gasteiger partial charge on any atom is 0.416 e. The van der Waals surface area contributed by atoms with Crippen molar-refractivity contribution in [3.8, 4) is 0 Å². The number of halogens is 3. The normalized spacial score (nSPS) is 11.6. The van der Waals surface area contributed by atoms with Gasteiger partial charge in [0.2, 0.25) is 0 Å². The number of aryl methyl sites for hydroxylation is 2. The highest BCUT2D eigenvalue weighted by molar-refractivity contribution is 7.80. The average Bonchev–Trinajstić information content (AvgIpc) is 2.08. The molecule has 0 saturated carbocycles. The molecular formula is C11H12F3NS. The van der Waals surface area contributed by atoms with Crippen LogP contribution in [0.2, 0.25) is 0 Å². The van der Waals surface area contributed by atoms with Gasteiger partial charge in [-0.1, -0.05) is 18.3 Å². The van der Waals surface area contributed by atoms with Crippen molar-refractivity contribution in [2.24, 2.45) is 5.73 Å². The molecule has 2 N–H and O–H groups in total. The van der Waals surface area contributed by atoms with Crippen molar-refractivity contribution in [1.29, 1.82) is 0 Å². The lowest BCUT2D eigenvalue weighted by molar-refractivity contribution is -0.138. The second kappa shape index (κ2) is 4.41. The highest BCUT2D eigenvalue weighted by atomic mass is 32.1. The van der Waals surface area contributed by atoms with Crippen LogP contribution in [0.4, 0.5) is 13.2 Å². The first-order valence-electron chi connectivity index (χ1n) is 4.67. The van der Waals surface area contributed by atoms with Gasteiger partial charge >= 0.3 is 6.18 Å². The minimum atomic E-state index is -4.36. The molecule has 0 aromatic heterocycles. The monoisotopic (exact) mass is 247 g/mol. The van der Waals surface area contributed by atoms with E-state index in [4.69, 9.17) is 5.73 Å². The van der Waals surface area contributed by atoms with Crippen molar-refractivity contribution in [3.63, 3.8) is 0 Å². The summed E-state index contributed by atoms with van der Waals surface area (Å²) in [5, 5.41) is 0. The Labute approximate surface area is 97.5 Å². The summed E-state index contributed by atoms with van der Waals surface area (Å²) in [6, 6.07) is 2.64. The van der Waals surface area contributed by atoms with E-state index in [1.54, 1.807) is 13.8 Å². The Morgan fingerprint density at radius 1 is 1.25 bits per heavy atom. The molecule has 0 unspecified atom stereocenters. The van der Waals surface area contributed by atoms with Crippen LogP contribution < -0.4 is 5.73 Å². The Bertz CT molecular complexity index is 424. The molecule has 0 bridgehead atoms. The standard InChI is InChI=1S/C11H12F3NS/c1-6-3-8(5-10(15)16)9(4-7(6)2)11(12,13)14/h3-4H,5H2,1-2H3,(H2,15,16). The van der Waals surface area contributed by atoms with Gasteiger partial charge in [0.15, 0.2) is 0 Å². The third-order valence-corrected chi connectivity index (χ3v) is 2.53. The first kappa shape index (κ1) is 13.0. The van der Waals surface area contributed by atoms with Gasteiger partial charge in [0.05, 0.1) is 10.6 Å². The van der Waals surface area contributed by atoms with Crippen LogP contribution in [0.15, 0.2) is 12.1 Å². The zero-order chi connectivity index (χ0) is 12.5. The predicted molar refractivity (Wildman–Crippen MR) is 61.4 cm³/mol. The fourth-order valence-electron chi connectivity index (χ4n) is 1.47. The number of rotatable bonds is 2. The van der Waals surface area contributed by atoms with Crippen molar-refractivity contribution >= 4 is 17.2 Å². The number of hydrogen-bond acceptors (Lipinski definition) is 1. The molecule has 0 amide bonds. The van der Waals surface area contributed by atoms with Crippen LogP contribution in [0.1, 0.15) is 22.3 Å². The Morgan fingerprint density at radius 3 is 2.19 bits per heavy atom. The number of hydrogen-bond donors (Lipinski definition) is 1. The van der Waals surface area contributed by atoms with Crippen LogP contribution in [0.3, 0.4) is 0 Å². The lowest BCUT2D eigenvalue weighted by Gasteiger charge is -2.15. The lowest BCUT2D eigenvalue weighted by Crippen LogP contribution is -2.17. The molecule has 5 heteroatoms. The second-order valence-electron chi connectivity index (χ2n) is 3.73. The molecule has 1 aromatic carbocycles. The fraction of sp³-hybridized carbons (Fsp3) is 0.364. The van der Waals surface area contributed by atoms with Crippen molar-refractivity contribution in [1.82, 2.24) is 0 Å². The zero-order valence-electron chi connectivity index (χ0n) is 8.98. The summed E-state index contributed by atoms with van der Waals surface area (Å²) in [4.78, 5) is 0.0637. The van der Waals surface area contributed by atoms with Crippen molar-refractivity contribution in [3.05, 3.63) is 34.4 Å². The molecule has 0 atom stereocenters. The molecule has 0 aliphatic carbocycles. The van der Waals surface area contributed by atoms with E-state index in [9.17, 15) is 13.2 Å². The smallest absolute Gasteiger partial charge is 0.393 e. The van der Waals surface area contributed by atoms with E-state index in [0.29, 0.717) is 5.56 Å². The summed E-state index contributed by atoms with van der Waals surface area (Å²) >= 11 is 4.65. The highest BCUT2D eigenvalue weighted by Gasteiger charge is 2.33. The van der Waals surface area contributed by atoms with Crippen LogP contribution in [0.25, 0.3) is 0 Å². The number of thiocarbonyl (C=S) groups is 1. The first-order chi connectivity index (χ1) is 7.21. The summed E-state index contributed by atoms with van der Waals surface area (Å²) in [5.74, 6) is 0. The van der Waals surface area contributed by atoms with Gasteiger partial charge in [-0.25, -0.2) is 0 Å². The van der Waals surface area contributed by atoms with Crippen molar-refractivity contribution in [2.75, 3.05) is 0 Å². The molecule has 0 spiro atoms. The van der Waals surface area contributed by atoms with Gasteiger partial charge in [-0.3, -0.25) is 0 Å². The summed E-state index contributed by atoms with van der Waals surface area (Å²) in [5.41, 5.74) is 6.20. The molecule has 0 saturated heterocycles. The van der Waals surface area contributed by atoms with E-state index < -0.39 is 11.7 Å².